The SMILES string of the molecule is COCCn1ccc2c(Nc3nc(NCC4(N)CC4)nnc3C(N)=O)cccc21. The number of primary amides is 1. The molecule has 0 radical (unpaired) electrons. The molecule has 2 heterocycles. The van der Waals surface area contributed by atoms with E-state index in [-0.39, 0.29) is 17.1 Å². The lowest BCUT2D eigenvalue weighted by atomic mass is 10.2. The summed E-state index contributed by atoms with van der Waals surface area (Å²) in [6, 6.07) is 7.85. The molecule has 0 saturated heterocycles. The van der Waals surface area contributed by atoms with Crippen molar-refractivity contribution in [2.24, 2.45) is 11.5 Å². The van der Waals surface area contributed by atoms with Gasteiger partial charge in [-0.15, -0.1) is 10.2 Å². The Kier molecular flexibility index (Phi) is 5.03. The van der Waals surface area contributed by atoms with Crippen molar-refractivity contribution in [1.82, 2.24) is 19.7 Å². The molecule has 6 N–H and O–H groups in total. The number of hydrogen-bond acceptors (Lipinski definition) is 8. The molecular weight excluding hydrogens is 372 g/mol. The van der Waals surface area contributed by atoms with Gasteiger partial charge in [-0.3, -0.25) is 4.79 Å². The van der Waals surface area contributed by atoms with E-state index in [0.29, 0.717) is 19.1 Å². The Balaban J connectivity index is 1.63. The molecule has 1 aromatic carbocycles. The van der Waals surface area contributed by atoms with Crippen LogP contribution < -0.4 is 22.1 Å². The second-order valence-corrected chi connectivity index (χ2v) is 7.28. The number of nitrogens with zero attached hydrogens (tertiary/aromatic N) is 4. The van der Waals surface area contributed by atoms with Crippen molar-refractivity contribution in [3.63, 3.8) is 0 Å². The zero-order valence-corrected chi connectivity index (χ0v) is 16.2. The number of rotatable bonds is 9. The van der Waals surface area contributed by atoms with Gasteiger partial charge in [0.1, 0.15) is 0 Å². The van der Waals surface area contributed by atoms with Crippen LogP contribution in [0.25, 0.3) is 10.9 Å². The zero-order chi connectivity index (χ0) is 20.4. The molecule has 0 atom stereocenters. The fourth-order valence-electron chi connectivity index (χ4n) is 3.09. The maximum Gasteiger partial charge on any atom is 0.273 e. The second kappa shape index (κ2) is 7.64. The van der Waals surface area contributed by atoms with Crippen LogP contribution in [-0.4, -0.2) is 51.5 Å². The summed E-state index contributed by atoms with van der Waals surface area (Å²) in [5, 5.41) is 15.1. The highest BCUT2D eigenvalue weighted by atomic mass is 16.5. The van der Waals surface area contributed by atoms with Gasteiger partial charge < -0.3 is 31.4 Å². The molecule has 1 amide bonds. The van der Waals surface area contributed by atoms with Crippen LogP contribution >= 0.6 is 0 Å². The number of ether oxygens (including phenoxy) is 1. The molecule has 0 bridgehead atoms. The molecule has 1 fully saturated rings. The van der Waals surface area contributed by atoms with E-state index < -0.39 is 5.91 Å². The number of carbonyl (C=O) groups is 1. The summed E-state index contributed by atoms with van der Waals surface area (Å²) < 4.78 is 7.27. The van der Waals surface area contributed by atoms with Crippen molar-refractivity contribution in [1.29, 1.82) is 0 Å². The average molecular weight is 396 g/mol. The summed E-state index contributed by atoms with van der Waals surface area (Å²) in [5.41, 5.74) is 13.1. The molecule has 10 nitrogen and oxygen atoms in total. The first-order valence-corrected chi connectivity index (χ1v) is 9.40. The standard InChI is InChI=1S/C19H24N8O2/c1-29-10-9-27-8-5-12-13(3-2-4-14(12)27)23-17-15(16(20)28)25-26-18(24-17)22-11-19(21)6-7-19/h2-5,8H,6-7,9-11,21H2,1H3,(H2,20,28)(H2,22,23,24,26). The maximum atomic E-state index is 11.8. The summed E-state index contributed by atoms with van der Waals surface area (Å²) >= 11 is 0. The normalized spacial score (nSPS) is 14.7. The number of nitrogens with two attached hydrogens (primary N) is 2. The number of hydrogen-bond donors (Lipinski definition) is 4. The van der Waals surface area contributed by atoms with Crippen molar-refractivity contribution >= 4 is 34.3 Å². The van der Waals surface area contributed by atoms with Crippen LogP contribution in [-0.2, 0) is 11.3 Å². The van der Waals surface area contributed by atoms with Gasteiger partial charge in [0, 0.05) is 43.0 Å². The Morgan fingerprint density at radius 2 is 2.14 bits per heavy atom. The topological polar surface area (TPSA) is 146 Å². The summed E-state index contributed by atoms with van der Waals surface area (Å²) in [4.78, 5) is 16.2. The molecule has 1 aliphatic carbocycles. The lowest BCUT2D eigenvalue weighted by Gasteiger charge is -2.13. The fraction of sp³-hybridized carbons (Fsp3) is 0.368. The number of anilines is 3. The van der Waals surface area contributed by atoms with Crippen LogP contribution in [0.3, 0.4) is 0 Å². The van der Waals surface area contributed by atoms with Gasteiger partial charge in [0.2, 0.25) is 5.95 Å². The number of amides is 1. The average Bonchev–Trinajstić information content (AvgIpc) is 3.30. The van der Waals surface area contributed by atoms with Gasteiger partial charge in [-0.25, -0.2) is 0 Å². The van der Waals surface area contributed by atoms with E-state index in [1.807, 2.05) is 30.5 Å². The molecular formula is C19H24N8O2. The Morgan fingerprint density at radius 3 is 2.86 bits per heavy atom. The summed E-state index contributed by atoms with van der Waals surface area (Å²) in [6.07, 6.45) is 3.91. The molecule has 3 aromatic rings. The number of fused-ring (bicyclic) bond motifs is 1. The molecule has 2 aromatic heterocycles. The summed E-state index contributed by atoms with van der Waals surface area (Å²) in [6.45, 7) is 1.89. The molecule has 152 valence electrons. The van der Waals surface area contributed by atoms with Gasteiger partial charge in [0.25, 0.3) is 5.91 Å². The third-order valence-corrected chi connectivity index (χ3v) is 5.01. The third kappa shape index (κ3) is 4.13. The molecule has 1 saturated carbocycles. The molecule has 0 spiro atoms. The van der Waals surface area contributed by atoms with E-state index >= 15 is 0 Å². The number of benzene rings is 1. The molecule has 0 unspecified atom stereocenters. The molecule has 0 aliphatic heterocycles. The quantitative estimate of drug-likeness (QED) is 0.422. The minimum Gasteiger partial charge on any atom is -0.383 e. The lowest BCUT2D eigenvalue weighted by molar-refractivity contribution is 0.0995. The predicted octanol–water partition coefficient (Wildman–Crippen LogP) is 1.22. The van der Waals surface area contributed by atoms with E-state index in [1.54, 1.807) is 7.11 Å². The van der Waals surface area contributed by atoms with Crippen molar-refractivity contribution in [2.45, 2.75) is 24.9 Å². The predicted molar refractivity (Wildman–Crippen MR) is 110 cm³/mol. The molecule has 10 heteroatoms. The van der Waals surface area contributed by atoms with Gasteiger partial charge in [-0.1, -0.05) is 6.07 Å². The number of aromatic nitrogens is 4. The Hall–Kier alpha value is -3.24. The second-order valence-electron chi connectivity index (χ2n) is 7.28. The zero-order valence-electron chi connectivity index (χ0n) is 16.2. The minimum absolute atomic E-state index is 0.0275. The van der Waals surface area contributed by atoms with Gasteiger partial charge in [0.05, 0.1) is 12.1 Å². The first-order chi connectivity index (χ1) is 14.0. The molecule has 1 aliphatic rings. The van der Waals surface area contributed by atoms with Gasteiger partial charge in [-0.05, 0) is 31.0 Å². The van der Waals surface area contributed by atoms with E-state index in [0.717, 1.165) is 36.0 Å². The van der Waals surface area contributed by atoms with Crippen LogP contribution in [0.1, 0.15) is 23.3 Å². The van der Waals surface area contributed by atoms with Gasteiger partial charge >= 0.3 is 0 Å². The van der Waals surface area contributed by atoms with Crippen molar-refractivity contribution in [2.75, 3.05) is 30.9 Å². The first kappa shape index (κ1) is 19.1. The fourth-order valence-corrected chi connectivity index (χ4v) is 3.09. The van der Waals surface area contributed by atoms with Crippen LogP contribution in [0.4, 0.5) is 17.5 Å². The Bertz CT molecular complexity index is 1040. The highest BCUT2D eigenvalue weighted by Crippen LogP contribution is 2.32. The van der Waals surface area contributed by atoms with Crippen molar-refractivity contribution < 1.29 is 9.53 Å². The smallest absolute Gasteiger partial charge is 0.273 e. The van der Waals surface area contributed by atoms with Crippen LogP contribution in [0.15, 0.2) is 30.5 Å². The van der Waals surface area contributed by atoms with Crippen LogP contribution in [0.2, 0.25) is 0 Å². The Morgan fingerprint density at radius 1 is 1.31 bits per heavy atom. The van der Waals surface area contributed by atoms with Crippen LogP contribution in [0, 0.1) is 0 Å². The van der Waals surface area contributed by atoms with Gasteiger partial charge in [0.15, 0.2) is 11.5 Å². The Labute approximate surface area is 167 Å². The largest absolute Gasteiger partial charge is 0.383 e. The first-order valence-electron chi connectivity index (χ1n) is 9.40. The number of nitrogens with one attached hydrogen (secondary N) is 2. The number of methoxy groups -OCH3 is 1. The van der Waals surface area contributed by atoms with E-state index in [1.165, 1.54) is 0 Å². The molecule has 29 heavy (non-hydrogen) atoms. The number of carbonyl (C=O) groups excluding carboxylic acids is 1. The van der Waals surface area contributed by atoms with Gasteiger partial charge in [-0.2, -0.15) is 4.98 Å². The van der Waals surface area contributed by atoms with Crippen LogP contribution in [0.5, 0.6) is 0 Å². The maximum absolute atomic E-state index is 11.8. The minimum atomic E-state index is -0.707. The van der Waals surface area contributed by atoms with Crippen molar-refractivity contribution in [3.8, 4) is 0 Å². The summed E-state index contributed by atoms with van der Waals surface area (Å²) in [7, 11) is 1.67. The summed E-state index contributed by atoms with van der Waals surface area (Å²) in [5.74, 6) is -0.172. The van der Waals surface area contributed by atoms with Crippen molar-refractivity contribution in [3.05, 3.63) is 36.2 Å². The third-order valence-electron chi connectivity index (χ3n) is 5.01. The monoisotopic (exact) mass is 396 g/mol. The van der Waals surface area contributed by atoms with E-state index in [9.17, 15) is 4.79 Å². The van der Waals surface area contributed by atoms with E-state index in [4.69, 9.17) is 16.2 Å². The lowest BCUT2D eigenvalue weighted by Crippen LogP contribution is -2.32. The highest BCUT2D eigenvalue weighted by Gasteiger charge is 2.38. The van der Waals surface area contributed by atoms with E-state index in [2.05, 4.69) is 30.4 Å². The highest BCUT2D eigenvalue weighted by molar-refractivity contribution is 5.99. The molecule has 4 rings (SSSR count).